The van der Waals surface area contributed by atoms with Crippen LogP contribution in [-0.2, 0) is 0 Å². The highest BCUT2D eigenvalue weighted by molar-refractivity contribution is 6.32. The Bertz CT molecular complexity index is 458. The molecular weight excluding hydrogens is 212 g/mol. The molecule has 0 atom stereocenters. The third-order valence-electron chi connectivity index (χ3n) is 1.80. The molecule has 2 rings (SSSR count). The minimum Gasteiger partial charge on any atom is -0.368 e. The molecule has 0 saturated carbocycles. The number of benzene rings is 1. The predicted molar refractivity (Wildman–Crippen MR) is 61.2 cm³/mol. The molecule has 0 aliphatic heterocycles. The number of hydrogen-bond donors (Lipinski definition) is 2. The van der Waals surface area contributed by atoms with Gasteiger partial charge in [-0.1, -0.05) is 29.8 Å². The largest absolute Gasteiger partial charge is 0.368 e. The van der Waals surface area contributed by atoms with Crippen molar-refractivity contribution in [2.45, 2.75) is 0 Å². The van der Waals surface area contributed by atoms with Gasteiger partial charge in [0, 0.05) is 5.69 Å². The lowest BCUT2D eigenvalue weighted by atomic mass is 10.3. The number of anilines is 3. The summed E-state index contributed by atoms with van der Waals surface area (Å²) in [7, 11) is 0. The Morgan fingerprint density at radius 2 is 1.93 bits per heavy atom. The van der Waals surface area contributed by atoms with Crippen LogP contribution in [0.5, 0.6) is 0 Å². The molecule has 5 heteroatoms. The molecular formula is C10H9ClN4. The van der Waals surface area contributed by atoms with E-state index in [-0.39, 0.29) is 5.95 Å². The zero-order valence-corrected chi connectivity index (χ0v) is 8.57. The van der Waals surface area contributed by atoms with Crippen LogP contribution in [0.2, 0.25) is 5.02 Å². The van der Waals surface area contributed by atoms with Gasteiger partial charge in [0.15, 0.2) is 5.82 Å². The first-order valence-corrected chi connectivity index (χ1v) is 4.73. The molecule has 1 heterocycles. The van der Waals surface area contributed by atoms with E-state index in [1.54, 1.807) is 0 Å². The lowest BCUT2D eigenvalue weighted by Gasteiger charge is -2.06. The molecule has 1 aromatic carbocycles. The summed E-state index contributed by atoms with van der Waals surface area (Å²) in [5.74, 6) is 0.702. The van der Waals surface area contributed by atoms with Gasteiger partial charge in [0.05, 0.1) is 6.20 Å². The fourth-order valence-electron chi connectivity index (χ4n) is 1.13. The van der Waals surface area contributed by atoms with Crippen LogP contribution in [0.1, 0.15) is 0 Å². The molecule has 0 aliphatic carbocycles. The van der Waals surface area contributed by atoms with E-state index < -0.39 is 0 Å². The van der Waals surface area contributed by atoms with Crippen molar-refractivity contribution in [3.63, 3.8) is 0 Å². The van der Waals surface area contributed by atoms with E-state index in [9.17, 15) is 0 Å². The zero-order chi connectivity index (χ0) is 10.7. The third kappa shape index (κ3) is 2.35. The van der Waals surface area contributed by atoms with Gasteiger partial charge < -0.3 is 11.1 Å². The fourth-order valence-corrected chi connectivity index (χ4v) is 1.26. The second-order valence-corrected chi connectivity index (χ2v) is 3.32. The summed E-state index contributed by atoms with van der Waals surface area (Å²) in [6.07, 6.45) is 1.47. The Labute approximate surface area is 92.1 Å². The van der Waals surface area contributed by atoms with Crippen molar-refractivity contribution >= 4 is 29.1 Å². The number of halogens is 1. The Morgan fingerprint density at radius 1 is 1.20 bits per heavy atom. The Kier molecular flexibility index (Phi) is 2.69. The van der Waals surface area contributed by atoms with Crippen LogP contribution in [0, 0.1) is 0 Å². The van der Waals surface area contributed by atoms with E-state index in [2.05, 4.69) is 15.3 Å². The minimum atomic E-state index is 0.192. The monoisotopic (exact) mass is 220 g/mol. The number of nitrogens with one attached hydrogen (secondary N) is 1. The number of nitrogen functional groups attached to an aromatic ring is 1. The van der Waals surface area contributed by atoms with E-state index in [4.69, 9.17) is 17.3 Å². The molecule has 0 spiro atoms. The molecule has 4 nitrogen and oxygen atoms in total. The van der Waals surface area contributed by atoms with Gasteiger partial charge in [0.2, 0.25) is 5.95 Å². The zero-order valence-electron chi connectivity index (χ0n) is 7.81. The van der Waals surface area contributed by atoms with Gasteiger partial charge in [-0.15, -0.1) is 0 Å². The average molecular weight is 221 g/mol. The van der Waals surface area contributed by atoms with E-state index >= 15 is 0 Å². The summed E-state index contributed by atoms with van der Waals surface area (Å²) in [5.41, 5.74) is 6.36. The fraction of sp³-hybridized carbons (Fsp3) is 0. The molecule has 0 unspecified atom stereocenters. The van der Waals surface area contributed by atoms with Gasteiger partial charge in [-0.2, -0.15) is 4.98 Å². The summed E-state index contributed by atoms with van der Waals surface area (Å²) >= 11 is 5.90. The molecule has 0 fully saturated rings. The lowest BCUT2D eigenvalue weighted by Crippen LogP contribution is -2.00. The molecule has 3 N–H and O–H groups in total. The van der Waals surface area contributed by atoms with Crippen molar-refractivity contribution < 1.29 is 0 Å². The van der Waals surface area contributed by atoms with Crippen molar-refractivity contribution in [1.82, 2.24) is 9.97 Å². The molecule has 0 aliphatic rings. The van der Waals surface area contributed by atoms with Crippen LogP contribution in [0.4, 0.5) is 17.5 Å². The second-order valence-electron chi connectivity index (χ2n) is 2.92. The highest BCUT2D eigenvalue weighted by atomic mass is 35.5. The smallest absolute Gasteiger partial charge is 0.222 e. The molecule has 0 bridgehead atoms. The number of aromatic nitrogens is 2. The number of hydrogen-bond acceptors (Lipinski definition) is 4. The van der Waals surface area contributed by atoms with Crippen LogP contribution in [0.25, 0.3) is 0 Å². The van der Waals surface area contributed by atoms with Crippen molar-refractivity contribution in [2.75, 3.05) is 11.1 Å². The second kappa shape index (κ2) is 4.14. The molecule has 76 valence electrons. The summed E-state index contributed by atoms with van der Waals surface area (Å²) in [5, 5.41) is 3.49. The maximum absolute atomic E-state index is 5.90. The summed E-state index contributed by atoms with van der Waals surface area (Å²) in [6, 6.07) is 9.59. The molecule has 0 radical (unpaired) electrons. The highest BCUT2D eigenvalue weighted by Gasteiger charge is 2.03. The Morgan fingerprint density at radius 3 is 2.67 bits per heavy atom. The number of nitrogens with zero attached hydrogens (tertiary/aromatic N) is 2. The standard InChI is InChI=1S/C10H9ClN4/c11-8-6-13-10(12)15-9(8)14-7-4-2-1-3-5-7/h1-6H,(H3,12,13,14,15). The first kappa shape index (κ1) is 9.73. The third-order valence-corrected chi connectivity index (χ3v) is 2.08. The van der Waals surface area contributed by atoms with Gasteiger partial charge in [0.1, 0.15) is 5.02 Å². The first-order chi connectivity index (χ1) is 7.25. The normalized spacial score (nSPS) is 9.93. The van der Waals surface area contributed by atoms with Gasteiger partial charge in [-0.05, 0) is 12.1 Å². The molecule has 0 amide bonds. The highest BCUT2D eigenvalue weighted by Crippen LogP contribution is 2.22. The van der Waals surface area contributed by atoms with Crippen LogP contribution in [0.15, 0.2) is 36.5 Å². The van der Waals surface area contributed by atoms with Crippen molar-refractivity contribution in [3.05, 3.63) is 41.6 Å². The van der Waals surface area contributed by atoms with E-state index in [0.717, 1.165) is 5.69 Å². The maximum atomic E-state index is 5.90. The van der Waals surface area contributed by atoms with E-state index in [0.29, 0.717) is 10.8 Å². The van der Waals surface area contributed by atoms with E-state index in [1.165, 1.54) is 6.20 Å². The molecule has 2 aromatic rings. The number of nitrogens with two attached hydrogens (primary N) is 1. The van der Waals surface area contributed by atoms with Gasteiger partial charge in [-0.3, -0.25) is 0 Å². The molecule has 0 saturated heterocycles. The van der Waals surface area contributed by atoms with Gasteiger partial charge in [-0.25, -0.2) is 4.98 Å². The first-order valence-electron chi connectivity index (χ1n) is 4.36. The van der Waals surface area contributed by atoms with Crippen molar-refractivity contribution in [2.24, 2.45) is 0 Å². The van der Waals surface area contributed by atoms with Crippen LogP contribution in [0.3, 0.4) is 0 Å². The molecule has 1 aromatic heterocycles. The van der Waals surface area contributed by atoms with Crippen molar-refractivity contribution in [1.29, 1.82) is 0 Å². The van der Waals surface area contributed by atoms with Crippen LogP contribution in [-0.4, -0.2) is 9.97 Å². The van der Waals surface area contributed by atoms with E-state index in [1.807, 2.05) is 30.3 Å². The summed E-state index contributed by atoms with van der Waals surface area (Å²) in [6.45, 7) is 0. The molecule has 15 heavy (non-hydrogen) atoms. The van der Waals surface area contributed by atoms with Gasteiger partial charge >= 0.3 is 0 Å². The Hall–Kier alpha value is -1.81. The van der Waals surface area contributed by atoms with Crippen LogP contribution >= 0.6 is 11.6 Å². The average Bonchev–Trinajstić information content (AvgIpc) is 2.25. The maximum Gasteiger partial charge on any atom is 0.222 e. The number of para-hydroxylation sites is 1. The van der Waals surface area contributed by atoms with Crippen molar-refractivity contribution in [3.8, 4) is 0 Å². The Balaban J connectivity index is 2.28. The van der Waals surface area contributed by atoms with Gasteiger partial charge in [0.25, 0.3) is 0 Å². The summed E-state index contributed by atoms with van der Waals surface area (Å²) in [4.78, 5) is 7.77. The SMILES string of the molecule is Nc1ncc(Cl)c(Nc2ccccc2)n1. The van der Waals surface area contributed by atoms with Crippen LogP contribution < -0.4 is 11.1 Å². The number of rotatable bonds is 2. The quantitative estimate of drug-likeness (QED) is 0.816. The topological polar surface area (TPSA) is 63.8 Å². The minimum absolute atomic E-state index is 0.192. The lowest BCUT2D eigenvalue weighted by molar-refractivity contribution is 1.18. The summed E-state index contributed by atoms with van der Waals surface area (Å²) < 4.78 is 0. The predicted octanol–water partition coefficient (Wildman–Crippen LogP) is 2.46.